The van der Waals surface area contributed by atoms with Gasteiger partial charge in [0.25, 0.3) is 0 Å². The van der Waals surface area contributed by atoms with Crippen LogP contribution in [-0.4, -0.2) is 46.2 Å². The molecule has 0 saturated carbocycles. The molecule has 2 aromatic heterocycles. The van der Waals surface area contributed by atoms with Gasteiger partial charge in [0, 0.05) is 31.0 Å². The highest BCUT2D eigenvalue weighted by Gasteiger charge is 2.13. The van der Waals surface area contributed by atoms with Crippen molar-refractivity contribution in [1.82, 2.24) is 19.9 Å². The summed E-state index contributed by atoms with van der Waals surface area (Å²) in [5.74, 6) is 0.120. The zero-order valence-corrected chi connectivity index (χ0v) is 18.6. The van der Waals surface area contributed by atoms with Gasteiger partial charge in [0.2, 0.25) is 0 Å². The van der Waals surface area contributed by atoms with E-state index in [1.54, 1.807) is 6.07 Å². The van der Waals surface area contributed by atoms with E-state index in [-0.39, 0.29) is 5.02 Å². The Morgan fingerprint density at radius 1 is 1.06 bits per heavy atom. The number of rotatable bonds is 6. The standard InChI is InChI=1S/C22H20ClFN6OS/c23-17-11-16(4-5-18(17)24)27-20-19-21(26-13-25-20)29-22(32-19)28-15-3-1-2-14(10-15)12-30-6-8-31-9-7-30/h1-5,10-11,13H,6-9,12H2,(H2,25,26,27,28,29). The average molecular weight is 471 g/mol. The molecule has 164 valence electrons. The number of aromatic nitrogens is 3. The van der Waals surface area contributed by atoms with Gasteiger partial charge in [-0.3, -0.25) is 4.90 Å². The van der Waals surface area contributed by atoms with E-state index in [2.05, 4.69) is 42.6 Å². The molecule has 0 bridgehead atoms. The molecule has 0 atom stereocenters. The van der Waals surface area contributed by atoms with E-state index >= 15 is 0 Å². The highest BCUT2D eigenvalue weighted by atomic mass is 35.5. The maximum atomic E-state index is 13.5. The Kier molecular flexibility index (Phi) is 6.13. The molecule has 2 aromatic carbocycles. The topological polar surface area (TPSA) is 75.2 Å². The molecule has 32 heavy (non-hydrogen) atoms. The van der Waals surface area contributed by atoms with Crippen molar-refractivity contribution in [3.8, 4) is 0 Å². The lowest BCUT2D eigenvalue weighted by molar-refractivity contribution is 0.0342. The largest absolute Gasteiger partial charge is 0.379 e. The van der Waals surface area contributed by atoms with Crippen LogP contribution in [0.15, 0.2) is 48.8 Å². The van der Waals surface area contributed by atoms with Crippen molar-refractivity contribution in [2.75, 3.05) is 36.9 Å². The van der Waals surface area contributed by atoms with Gasteiger partial charge in [0.1, 0.15) is 16.8 Å². The van der Waals surface area contributed by atoms with Gasteiger partial charge in [-0.25, -0.2) is 14.4 Å². The fraction of sp³-hybridized carbons (Fsp3) is 0.227. The molecular weight excluding hydrogens is 451 g/mol. The fourth-order valence-corrected chi connectivity index (χ4v) is 4.56. The zero-order valence-electron chi connectivity index (χ0n) is 17.0. The lowest BCUT2D eigenvalue weighted by atomic mass is 10.2. The van der Waals surface area contributed by atoms with E-state index in [0.29, 0.717) is 22.3 Å². The van der Waals surface area contributed by atoms with Crippen LogP contribution < -0.4 is 10.6 Å². The summed E-state index contributed by atoms with van der Waals surface area (Å²) in [5.41, 5.74) is 3.40. The molecule has 0 unspecified atom stereocenters. The minimum atomic E-state index is -0.467. The van der Waals surface area contributed by atoms with Crippen LogP contribution >= 0.6 is 22.9 Å². The van der Waals surface area contributed by atoms with Crippen molar-refractivity contribution in [3.63, 3.8) is 0 Å². The lowest BCUT2D eigenvalue weighted by Crippen LogP contribution is -2.35. The summed E-state index contributed by atoms with van der Waals surface area (Å²) in [4.78, 5) is 15.6. The van der Waals surface area contributed by atoms with Gasteiger partial charge in [-0.05, 0) is 35.9 Å². The Morgan fingerprint density at radius 2 is 1.91 bits per heavy atom. The highest BCUT2D eigenvalue weighted by molar-refractivity contribution is 7.22. The van der Waals surface area contributed by atoms with E-state index in [4.69, 9.17) is 16.3 Å². The molecule has 2 N–H and O–H groups in total. The Labute approximate surface area is 193 Å². The van der Waals surface area contributed by atoms with Crippen molar-refractivity contribution in [2.45, 2.75) is 6.54 Å². The summed E-state index contributed by atoms with van der Waals surface area (Å²) in [6.07, 6.45) is 1.45. The number of fused-ring (bicyclic) bond motifs is 1. The summed E-state index contributed by atoms with van der Waals surface area (Å²) < 4.78 is 19.7. The summed E-state index contributed by atoms with van der Waals surface area (Å²) in [5, 5.41) is 7.31. The summed E-state index contributed by atoms with van der Waals surface area (Å²) in [6.45, 7) is 4.35. The molecule has 1 aliphatic rings. The van der Waals surface area contributed by atoms with Crippen molar-refractivity contribution in [2.24, 2.45) is 0 Å². The number of halogens is 2. The molecule has 1 fully saturated rings. The normalized spacial score (nSPS) is 14.6. The summed E-state index contributed by atoms with van der Waals surface area (Å²) in [7, 11) is 0. The van der Waals surface area contributed by atoms with E-state index in [1.165, 1.54) is 35.4 Å². The van der Waals surface area contributed by atoms with Crippen LogP contribution in [0.5, 0.6) is 0 Å². The first-order valence-electron chi connectivity index (χ1n) is 10.1. The van der Waals surface area contributed by atoms with Crippen LogP contribution in [0, 0.1) is 5.82 Å². The Hall–Kier alpha value is -2.85. The Morgan fingerprint density at radius 3 is 2.75 bits per heavy atom. The van der Waals surface area contributed by atoms with Gasteiger partial charge in [-0.2, -0.15) is 4.98 Å². The van der Waals surface area contributed by atoms with E-state index in [9.17, 15) is 4.39 Å². The molecule has 0 radical (unpaired) electrons. The summed E-state index contributed by atoms with van der Waals surface area (Å²) in [6, 6.07) is 12.7. The SMILES string of the molecule is Fc1ccc(Nc2ncnc3nc(Nc4cccc(CN5CCOCC5)c4)sc23)cc1Cl. The zero-order chi connectivity index (χ0) is 21.9. The summed E-state index contributed by atoms with van der Waals surface area (Å²) >= 11 is 7.33. The second kappa shape index (κ2) is 9.33. The first-order valence-corrected chi connectivity index (χ1v) is 11.3. The number of anilines is 4. The Bertz CT molecular complexity index is 1250. The van der Waals surface area contributed by atoms with Gasteiger partial charge >= 0.3 is 0 Å². The van der Waals surface area contributed by atoms with Gasteiger partial charge < -0.3 is 15.4 Å². The van der Waals surface area contributed by atoms with Crippen LogP contribution in [0.25, 0.3) is 10.3 Å². The third-order valence-electron chi connectivity index (χ3n) is 5.06. The van der Waals surface area contributed by atoms with Crippen LogP contribution in [0.2, 0.25) is 5.02 Å². The monoisotopic (exact) mass is 470 g/mol. The van der Waals surface area contributed by atoms with Crippen molar-refractivity contribution < 1.29 is 9.13 Å². The predicted octanol–water partition coefficient (Wildman–Crippen LogP) is 5.20. The highest BCUT2D eigenvalue weighted by Crippen LogP contribution is 2.33. The molecule has 0 amide bonds. The molecule has 4 aromatic rings. The molecule has 3 heterocycles. The molecule has 10 heteroatoms. The Balaban J connectivity index is 1.34. The van der Waals surface area contributed by atoms with Gasteiger partial charge in [-0.1, -0.05) is 35.1 Å². The molecule has 5 rings (SSSR count). The average Bonchev–Trinajstić information content (AvgIpc) is 3.21. The fourth-order valence-electron chi connectivity index (χ4n) is 3.50. The van der Waals surface area contributed by atoms with Crippen LogP contribution in [0.1, 0.15) is 5.56 Å². The van der Waals surface area contributed by atoms with E-state index in [1.807, 2.05) is 12.1 Å². The number of nitrogens with zero attached hydrogens (tertiary/aromatic N) is 4. The molecule has 0 aliphatic carbocycles. The van der Waals surface area contributed by atoms with E-state index in [0.717, 1.165) is 43.2 Å². The number of nitrogens with one attached hydrogen (secondary N) is 2. The van der Waals surface area contributed by atoms with Crippen LogP contribution in [-0.2, 0) is 11.3 Å². The van der Waals surface area contributed by atoms with Crippen LogP contribution in [0.3, 0.4) is 0 Å². The number of thiazole rings is 1. The second-order valence-electron chi connectivity index (χ2n) is 7.36. The number of hydrogen-bond acceptors (Lipinski definition) is 8. The molecule has 1 aliphatic heterocycles. The second-order valence-corrected chi connectivity index (χ2v) is 8.77. The van der Waals surface area contributed by atoms with Crippen molar-refractivity contribution in [1.29, 1.82) is 0 Å². The molecular formula is C22H20ClFN6OS. The van der Waals surface area contributed by atoms with E-state index < -0.39 is 5.82 Å². The minimum Gasteiger partial charge on any atom is -0.379 e. The first-order chi connectivity index (χ1) is 15.6. The number of hydrogen-bond donors (Lipinski definition) is 2. The van der Waals surface area contributed by atoms with Crippen molar-refractivity contribution >= 4 is 55.6 Å². The first kappa shape index (κ1) is 21.0. The molecule has 0 spiro atoms. The van der Waals surface area contributed by atoms with Gasteiger partial charge in [0.15, 0.2) is 16.6 Å². The van der Waals surface area contributed by atoms with Crippen LogP contribution in [0.4, 0.5) is 26.7 Å². The molecule has 1 saturated heterocycles. The lowest BCUT2D eigenvalue weighted by Gasteiger charge is -2.26. The third kappa shape index (κ3) is 4.81. The predicted molar refractivity (Wildman–Crippen MR) is 126 cm³/mol. The number of morpholine rings is 1. The van der Waals surface area contributed by atoms with Gasteiger partial charge in [0.05, 0.1) is 18.2 Å². The number of benzene rings is 2. The minimum absolute atomic E-state index is 0.0453. The quantitative estimate of drug-likeness (QED) is 0.401. The molecule has 7 nitrogen and oxygen atoms in total. The van der Waals surface area contributed by atoms with Gasteiger partial charge in [-0.15, -0.1) is 0 Å². The number of ether oxygens (including phenoxy) is 1. The maximum absolute atomic E-state index is 13.5. The maximum Gasteiger partial charge on any atom is 0.189 e. The smallest absolute Gasteiger partial charge is 0.189 e. The van der Waals surface area contributed by atoms with Crippen molar-refractivity contribution in [3.05, 3.63) is 65.2 Å². The third-order valence-corrected chi connectivity index (χ3v) is 6.32.